The monoisotopic (exact) mass is 504 g/mol. The van der Waals surface area contributed by atoms with Crippen LogP contribution in [0.2, 0.25) is 0 Å². The Morgan fingerprint density at radius 3 is 2.67 bits per heavy atom. The Kier molecular flexibility index (Phi) is 9.71. The molecule has 2 rings (SSSR count). The van der Waals surface area contributed by atoms with Gasteiger partial charge in [0.25, 0.3) is 0 Å². The predicted octanol–water partition coefficient (Wildman–Crippen LogP) is 3.70. The molecule has 1 atom stereocenters. The first kappa shape index (κ1) is 23.4. The number of aliphatic imine (C=N–C) groups is 1. The molecule has 1 aromatic carbocycles. The van der Waals surface area contributed by atoms with Crippen LogP contribution >= 0.6 is 35.3 Å². The van der Waals surface area contributed by atoms with Crippen molar-refractivity contribution < 1.29 is 9.18 Å². The second-order valence-electron chi connectivity index (χ2n) is 6.26. The van der Waals surface area contributed by atoms with Gasteiger partial charge in [-0.25, -0.2) is 9.38 Å². The fourth-order valence-electron chi connectivity index (χ4n) is 2.19. The van der Waals surface area contributed by atoms with Gasteiger partial charge in [0.1, 0.15) is 12.4 Å². The molecule has 1 heterocycles. The molecule has 148 valence electrons. The van der Waals surface area contributed by atoms with Crippen molar-refractivity contribution in [1.82, 2.24) is 15.5 Å². The summed E-state index contributed by atoms with van der Waals surface area (Å²) in [4.78, 5) is 18.9. The number of halogens is 2. The van der Waals surface area contributed by atoms with Crippen molar-refractivity contribution in [3.05, 3.63) is 57.5 Å². The average molecular weight is 504 g/mol. The highest BCUT2D eigenvalue weighted by molar-refractivity contribution is 14.0. The van der Waals surface area contributed by atoms with Crippen LogP contribution in [-0.4, -0.2) is 37.4 Å². The van der Waals surface area contributed by atoms with Gasteiger partial charge in [0, 0.05) is 19.0 Å². The highest BCUT2D eigenvalue weighted by Gasteiger charge is 2.11. The number of benzene rings is 1. The van der Waals surface area contributed by atoms with E-state index in [9.17, 15) is 9.18 Å². The molecule has 1 aromatic heterocycles. The average Bonchev–Trinajstić information content (AvgIpc) is 3.12. The van der Waals surface area contributed by atoms with Crippen molar-refractivity contribution in [2.24, 2.45) is 4.99 Å². The van der Waals surface area contributed by atoms with E-state index in [-0.39, 0.29) is 48.3 Å². The van der Waals surface area contributed by atoms with Crippen LogP contribution < -0.4 is 10.6 Å². The smallest absolute Gasteiger partial charge is 0.243 e. The minimum absolute atomic E-state index is 0. The van der Waals surface area contributed by atoms with Gasteiger partial charge in [0.15, 0.2) is 5.96 Å². The van der Waals surface area contributed by atoms with E-state index < -0.39 is 0 Å². The van der Waals surface area contributed by atoms with Crippen molar-refractivity contribution in [2.75, 3.05) is 20.6 Å². The molecular formula is C19H26FIN4OS. The lowest BCUT2D eigenvalue weighted by molar-refractivity contribution is -0.127. The minimum atomic E-state index is -0.232. The zero-order valence-electron chi connectivity index (χ0n) is 16.0. The van der Waals surface area contributed by atoms with Crippen LogP contribution in [0.15, 0.2) is 40.7 Å². The molecule has 8 heteroatoms. The number of carbonyl (C=O) groups is 1. The largest absolute Gasteiger partial charge is 0.351 e. The Labute approximate surface area is 181 Å². The quantitative estimate of drug-likeness (QED) is 0.359. The number of aryl methyl sites for hydroxylation is 1. The van der Waals surface area contributed by atoms with Gasteiger partial charge >= 0.3 is 0 Å². The van der Waals surface area contributed by atoms with Crippen LogP contribution in [0.1, 0.15) is 29.0 Å². The minimum Gasteiger partial charge on any atom is -0.351 e. The zero-order valence-corrected chi connectivity index (χ0v) is 19.1. The summed E-state index contributed by atoms with van der Waals surface area (Å²) < 4.78 is 13.8. The molecule has 1 unspecified atom stereocenters. The predicted molar refractivity (Wildman–Crippen MR) is 120 cm³/mol. The summed E-state index contributed by atoms with van der Waals surface area (Å²) in [5, 5.41) is 8.48. The molecule has 2 aromatic rings. The Hall–Kier alpha value is -1.68. The lowest BCUT2D eigenvalue weighted by Gasteiger charge is -2.19. The van der Waals surface area contributed by atoms with Crippen LogP contribution in [0, 0.1) is 12.7 Å². The van der Waals surface area contributed by atoms with Gasteiger partial charge in [0.05, 0.1) is 12.6 Å². The van der Waals surface area contributed by atoms with Crippen molar-refractivity contribution in [1.29, 1.82) is 0 Å². The molecule has 0 spiro atoms. The molecule has 0 aliphatic carbocycles. The number of thiophene rings is 1. The summed E-state index contributed by atoms with van der Waals surface area (Å²) in [6.07, 6.45) is 0. The summed E-state index contributed by atoms with van der Waals surface area (Å²) in [7, 11) is 3.39. The van der Waals surface area contributed by atoms with E-state index >= 15 is 0 Å². The van der Waals surface area contributed by atoms with E-state index in [0.717, 1.165) is 10.4 Å². The van der Waals surface area contributed by atoms with E-state index in [1.54, 1.807) is 38.4 Å². The van der Waals surface area contributed by atoms with Gasteiger partial charge in [-0.05, 0) is 42.5 Å². The van der Waals surface area contributed by atoms with Crippen LogP contribution in [0.25, 0.3) is 0 Å². The molecule has 27 heavy (non-hydrogen) atoms. The van der Waals surface area contributed by atoms with Gasteiger partial charge in [-0.3, -0.25) is 4.79 Å². The Morgan fingerprint density at radius 1 is 1.33 bits per heavy atom. The number of guanidine groups is 1. The maximum Gasteiger partial charge on any atom is 0.243 e. The van der Waals surface area contributed by atoms with E-state index in [4.69, 9.17) is 0 Å². The molecular weight excluding hydrogens is 478 g/mol. The van der Waals surface area contributed by atoms with Gasteiger partial charge in [-0.2, -0.15) is 0 Å². The number of rotatable bonds is 6. The maximum absolute atomic E-state index is 13.8. The Bertz CT molecular complexity index is 765. The molecule has 0 radical (unpaired) electrons. The molecule has 0 bridgehead atoms. The number of nitrogens with zero attached hydrogens (tertiary/aromatic N) is 2. The molecule has 1 amide bonds. The Balaban J connectivity index is 0.00000364. The third-order valence-corrected chi connectivity index (χ3v) is 4.81. The van der Waals surface area contributed by atoms with E-state index in [1.807, 2.05) is 30.5 Å². The highest BCUT2D eigenvalue weighted by atomic mass is 127. The van der Waals surface area contributed by atoms with Crippen molar-refractivity contribution >= 4 is 47.2 Å². The zero-order chi connectivity index (χ0) is 19.1. The first-order chi connectivity index (χ1) is 12.4. The molecule has 0 aliphatic rings. The standard InChI is InChI=1S/C19H25FN4OS.HI/c1-13-7-8-15(10-17(13)20)14(2)23-19(22-12-18(25)24(3)4)21-11-16-6-5-9-26-16;/h5-10,14H,11-12H2,1-4H3,(H2,21,22,23);1H. The lowest BCUT2D eigenvalue weighted by atomic mass is 10.1. The molecule has 0 saturated heterocycles. The number of carbonyl (C=O) groups excluding carboxylic acids is 1. The summed E-state index contributed by atoms with van der Waals surface area (Å²) in [6.45, 7) is 4.32. The fourth-order valence-corrected chi connectivity index (χ4v) is 2.84. The van der Waals surface area contributed by atoms with Gasteiger partial charge in [0.2, 0.25) is 5.91 Å². The number of likely N-dealkylation sites (N-methyl/N-ethyl adjacent to an activating group) is 1. The van der Waals surface area contributed by atoms with Gasteiger partial charge in [-0.1, -0.05) is 18.2 Å². The van der Waals surface area contributed by atoms with E-state index in [1.165, 1.54) is 11.0 Å². The van der Waals surface area contributed by atoms with Crippen molar-refractivity contribution in [3.63, 3.8) is 0 Å². The van der Waals surface area contributed by atoms with Gasteiger partial charge < -0.3 is 15.5 Å². The summed E-state index contributed by atoms with van der Waals surface area (Å²) in [5.41, 5.74) is 1.43. The first-order valence-corrected chi connectivity index (χ1v) is 9.28. The van der Waals surface area contributed by atoms with E-state index in [2.05, 4.69) is 15.6 Å². The molecule has 0 saturated carbocycles. The normalized spacial score (nSPS) is 12.1. The topological polar surface area (TPSA) is 56.7 Å². The number of amides is 1. The van der Waals surface area contributed by atoms with Crippen LogP contribution in [-0.2, 0) is 11.3 Å². The van der Waals surface area contributed by atoms with Crippen LogP contribution in [0.3, 0.4) is 0 Å². The summed E-state index contributed by atoms with van der Waals surface area (Å²) in [6, 6.07) is 9.02. The fraction of sp³-hybridized carbons (Fsp3) is 0.368. The molecule has 2 N–H and O–H groups in total. The SMILES string of the molecule is Cc1ccc(C(C)NC(=NCC(=O)N(C)C)NCc2cccs2)cc1F.I. The summed E-state index contributed by atoms with van der Waals surface area (Å²) in [5.74, 6) is 0.197. The molecule has 0 aliphatic heterocycles. The van der Waals surface area contributed by atoms with Crippen molar-refractivity contribution in [3.8, 4) is 0 Å². The first-order valence-electron chi connectivity index (χ1n) is 8.40. The number of hydrogen-bond donors (Lipinski definition) is 2. The van der Waals surface area contributed by atoms with Crippen LogP contribution in [0.4, 0.5) is 4.39 Å². The van der Waals surface area contributed by atoms with E-state index in [0.29, 0.717) is 18.1 Å². The Morgan fingerprint density at radius 2 is 2.07 bits per heavy atom. The molecule has 0 fully saturated rings. The number of nitrogens with one attached hydrogen (secondary N) is 2. The lowest BCUT2D eigenvalue weighted by Crippen LogP contribution is -2.39. The second kappa shape index (κ2) is 11.2. The third-order valence-electron chi connectivity index (χ3n) is 3.93. The highest BCUT2D eigenvalue weighted by Crippen LogP contribution is 2.16. The summed E-state index contributed by atoms with van der Waals surface area (Å²) >= 11 is 1.64. The third kappa shape index (κ3) is 7.45. The van der Waals surface area contributed by atoms with Crippen LogP contribution in [0.5, 0.6) is 0 Å². The second-order valence-corrected chi connectivity index (χ2v) is 7.29. The van der Waals surface area contributed by atoms with Gasteiger partial charge in [-0.15, -0.1) is 35.3 Å². The molecule has 5 nitrogen and oxygen atoms in total. The maximum atomic E-state index is 13.8. The van der Waals surface area contributed by atoms with Crippen molar-refractivity contribution in [2.45, 2.75) is 26.4 Å². The number of hydrogen-bond acceptors (Lipinski definition) is 3.